The van der Waals surface area contributed by atoms with E-state index in [1.165, 1.54) is 17.8 Å². The highest BCUT2D eigenvalue weighted by Gasteiger charge is 2.11. The zero-order chi connectivity index (χ0) is 13.0. The van der Waals surface area contributed by atoms with Gasteiger partial charge in [-0.1, -0.05) is 0 Å². The molecule has 4 N–H and O–H groups in total. The fraction of sp³-hybridized carbons (Fsp3) is 0.167. The van der Waals surface area contributed by atoms with Gasteiger partial charge < -0.3 is 16.2 Å². The van der Waals surface area contributed by atoms with Crippen molar-refractivity contribution in [2.75, 3.05) is 17.6 Å². The molecule has 2 rings (SSSR count). The molecule has 0 atom stereocenters. The molecule has 94 valence electrons. The number of nitrogens with zero attached hydrogens (tertiary/aromatic N) is 1. The van der Waals surface area contributed by atoms with Crippen LogP contribution in [0.2, 0.25) is 0 Å². The zero-order valence-electron chi connectivity index (χ0n) is 9.59. The van der Waals surface area contributed by atoms with Gasteiger partial charge in [0.1, 0.15) is 11.4 Å². The number of pyridine rings is 1. The van der Waals surface area contributed by atoms with Crippen molar-refractivity contribution in [1.82, 2.24) is 4.98 Å². The summed E-state index contributed by atoms with van der Waals surface area (Å²) in [4.78, 5) is 15.0. The quantitative estimate of drug-likeness (QED) is 0.768. The number of nitrogens with two attached hydrogens (primary N) is 1. The summed E-state index contributed by atoms with van der Waals surface area (Å²) < 4.78 is 0. The molecule has 6 heteroatoms. The van der Waals surface area contributed by atoms with E-state index in [4.69, 9.17) is 10.8 Å². The van der Waals surface area contributed by atoms with Crippen LogP contribution in [0, 0.1) is 0 Å². The van der Waals surface area contributed by atoms with Crippen LogP contribution in [0.15, 0.2) is 29.1 Å². The van der Waals surface area contributed by atoms with Crippen LogP contribution >= 0.6 is 11.3 Å². The lowest BCUT2D eigenvalue weighted by Gasteiger charge is -2.08. The van der Waals surface area contributed by atoms with Crippen molar-refractivity contribution >= 4 is 28.8 Å². The Balaban J connectivity index is 2.02. The minimum atomic E-state index is -1.03. The second kappa shape index (κ2) is 5.50. The molecule has 0 spiro atoms. The van der Waals surface area contributed by atoms with Gasteiger partial charge in [0.05, 0.1) is 11.9 Å². The molecule has 5 nitrogen and oxygen atoms in total. The number of carboxylic acids is 1. The number of nitrogens with one attached hydrogen (secondary N) is 1. The first-order valence-electron chi connectivity index (χ1n) is 5.40. The number of carbonyl (C=O) groups is 1. The minimum Gasteiger partial charge on any atom is -0.478 e. The van der Waals surface area contributed by atoms with Gasteiger partial charge in [-0.25, -0.2) is 9.78 Å². The summed E-state index contributed by atoms with van der Waals surface area (Å²) >= 11 is 1.64. The summed E-state index contributed by atoms with van der Waals surface area (Å²) in [6, 6.07) is 3.45. The van der Waals surface area contributed by atoms with Crippen molar-refractivity contribution in [2.24, 2.45) is 0 Å². The van der Waals surface area contributed by atoms with Gasteiger partial charge in [-0.2, -0.15) is 11.3 Å². The molecular weight excluding hydrogens is 250 g/mol. The normalized spacial score (nSPS) is 10.2. The molecule has 2 aromatic rings. The van der Waals surface area contributed by atoms with Crippen LogP contribution in [0.3, 0.4) is 0 Å². The van der Waals surface area contributed by atoms with Crippen molar-refractivity contribution in [3.05, 3.63) is 40.2 Å². The molecule has 0 saturated heterocycles. The Labute approximate surface area is 108 Å². The monoisotopic (exact) mass is 263 g/mol. The fourth-order valence-electron chi connectivity index (χ4n) is 1.54. The van der Waals surface area contributed by atoms with Crippen molar-refractivity contribution in [1.29, 1.82) is 0 Å². The van der Waals surface area contributed by atoms with Crippen LogP contribution in [0.25, 0.3) is 0 Å². The molecule has 2 heterocycles. The van der Waals surface area contributed by atoms with E-state index in [1.54, 1.807) is 11.3 Å². The molecule has 0 bridgehead atoms. The largest absolute Gasteiger partial charge is 0.478 e. The molecule has 0 aliphatic heterocycles. The van der Waals surface area contributed by atoms with E-state index in [2.05, 4.69) is 15.7 Å². The maximum atomic E-state index is 11.0. The number of thiophene rings is 1. The van der Waals surface area contributed by atoms with Crippen LogP contribution in [0.4, 0.5) is 11.5 Å². The molecule has 0 fully saturated rings. The predicted molar refractivity (Wildman–Crippen MR) is 72.1 cm³/mol. The van der Waals surface area contributed by atoms with Gasteiger partial charge in [0, 0.05) is 6.54 Å². The highest BCUT2D eigenvalue weighted by molar-refractivity contribution is 7.07. The van der Waals surface area contributed by atoms with Crippen LogP contribution in [-0.4, -0.2) is 22.6 Å². The second-order valence-corrected chi connectivity index (χ2v) is 4.56. The lowest BCUT2D eigenvalue weighted by atomic mass is 10.2. The van der Waals surface area contributed by atoms with Crippen LogP contribution < -0.4 is 11.1 Å². The second-order valence-electron chi connectivity index (χ2n) is 3.78. The van der Waals surface area contributed by atoms with Gasteiger partial charge in [-0.15, -0.1) is 0 Å². The number of anilines is 2. The van der Waals surface area contributed by atoms with E-state index in [0.717, 1.165) is 6.42 Å². The van der Waals surface area contributed by atoms with E-state index >= 15 is 0 Å². The smallest absolute Gasteiger partial charge is 0.339 e. The maximum absolute atomic E-state index is 11.0. The molecule has 2 aromatic heterocycles. The van der Waals surface area contributed by atoms with Crippen molar-refractivity contribution in [3.8, 4) is 0 Å². The molecule has 0 aliphatic rings. The molecule has 0 amide bonds. The Hall–Kier alpha value is -2.08. The van der Waals surface area contributed by atoms with Gasteiger partial charge in [0.2, 0.25) is 0 Å². The van der Waals surface area contributed by atoms with E-state index in [9.17, 15) is 4.79 Å². The molecule has 0 saturated carbocycles. The first-order chi connectivity index (χ1) is 8.66. The lowest BCUT2D eigenvalue weighted by Crippen LogP contribution is -2.11. The number of nitrogen functional groups attached to an aromatic ring is 1. The summed E-state index contributed by atoms with van der Waals surface area (Å²) in [7, 11) is 0. The van der Waals surface area contributed by atoms with E-state index in [0.29, 0.717) is 18.1 Å². The minimum absolute atomic E-state index is 0.0975. The topological polar surface area (TPSA) is 88.2 Å². The van der Waals surface area contributed by atoms with Gasteiger partial charge in [0.15, 0.2) is 0 Å². The van der Waals surface area contributed by atoms with Crippen molar-refractivity contribution in [3.63, 3.8) is 0 Å². The maximum Gasteiger partial charge on any atom is 0.339 e. The third kappa shape index (κ3) is 2.98. The Kier molecular flexibility index (Phi) is 3.78. The number of aromatic carboxylic acids is 1. The lowest BCUT2D eigenvalue weighted by molar-refractivity contribution is 0.0697. The van der Waals surface area contributed by atoms with E-state index in [-0.39, 0.29) is 5.56 Å². The SMILES string of the molecule is Nc1cnc(NCCc2ccsc2)c(C(=O)O)c1. The molecule has 0 radical (unpaired) electrons. The summed E-state index contributed by atoms with van der Waals surface area (Å²) in [6.45, 7) is 0.633. The molecular formula is C12H13N3O2S. The Morgan fingerprint density at radius 3 is 3.06 bits per heavy atom. The van der Waals surface area contributed by atoms with Gasteiger partial charge in [-0.3, -0.25) is 0 Å². The molecule has 0 unspecified atom stereocenters. The average Bonchev–Trinajstić information content (AvgIpc) is 2.84. The Morgan fingerprint density at radius 2 is 2.39 bits per heavy atom. The highest BCUT2D eigenvalue weighted by Crippen LogP contribution is 2.15. The number of rotatable bonds is 5. The van der Waals surface area contributed by atoms with Gasteiger partial charge in [-0.05, 0) is 34.9 Å². The van der Waals surface area contributed by atoms with Gasteiger partial charge in [0.25, 0.3) is 0 Å². The van der Waals surface area contributed by atoms with E-state index in [1.807, 2.05) is 11.4 Å². The first kappa shape index (κ1) is 12.4. The number of carboxylic acid groups (broad SMARTS) is 1. The first-order valence-corrected chi connectivity index (χ1v) is 6.35. The van der Waals surface area contributed by atoms with Crippen molar-refractivity contribution < 1.29 is 9.90 Å². The van der Waals surface area contributed by atoms with E-state index < -0.39 is 5.97 Å². The number of hydrogen-bond donors (Lipinski definition) is 3. The third-order valence-electron chi connectivity index (χ3n) is 2.43. The van der Waals surface area contributed by atoms with Crippen LogP contribution in [-0.2, 0) is 6.42 Å². The zero-order valence-corrected chi connectivity index (χ0v) is 10.4. The summed E-state index contributed by atoms with van der Waals surface area (Å²) in [6.07, 6.45) is 2.27. The Morgan fingerprint density at radius 1 is 1.56 bits per heavy atom. The van der Waals surface area contributed by atoms with Crippen LogP contribution in [0.5, 0.6) is 0 Å². The van der Waals surface area contributed by atoms with Gasteiger partial charge >= 0.3 is 5.97 Å². The van der Waals surface area contributed by atoms with Crippen LogP contribution in [0.1, 0.15) is 15.9 Å². The Bertz CT molecular complexity index is 540. The fourth-order valence-corrected chi connectivity index (χ4v) is 2.25. The molecule has 18 heavy (non-hydrogen) atoms. The number of hydrogen-bond acceptors (Lipinski definition) is 5. The summed E-state index contributed by atoms with van der Waals surface area (Å²) in [5.41, 5.74) is 7.18. The average molecular weight is 263 g/mol. The summed E-state index contributed by atoms with van der Waals surface area (Å²) in [5, 5.41) is 16.1. The highest BCUT2D eigenvalue weighted by atomic mass is 32.1. The molecule has 0 aromatic carbocycles. The third-order valence-corrected chi connectivity index (χ3v) is 3.16. The van der Waals surface area contributed by atoms with Crippen molar-refractivity contribution in [2.45, 2.75) is 6.42 Å². The standard InChI is InChI=1S/C12H13N3O2S/c13-9-5-10(12(16)17)11(15-6-9)14-3-1-8-2-4-18-7-8/h2,4-7H,1,3,13H2,(H,14,15)(H,16,17). The number of aromatic nitrogens is 1. The summed E-state index contributed by atoms with van der Waals surface area (Å²) in [5.74, 6) is -0.681. The predicted octanol–water partition coefficient (Wildman–Crippen LogP) is 2.08. The molecule has 0 aliphatic carbocycles.